The fourth-order valence-electron chi connectivity index (χ4n) is 2.21. The van der Waals surface area contributed by atoms with E-state index in [1.807, 2.05) is 0 Å². The van der Waals surface area contributed by atoms with Crippen molar-refractivity contribution in [3.05, 3.63) is 21.3 Å². The third kappa shape index (κ3) is 6.69. The van der Waals surface area contributed by atoms with Crippen LogP contribution in [0.25, 0.3) is 0 Å². The normalized spacial score (nSPS) is 18.1. The van der Waals surface area contributed by atoms with Crippen LogP contribution in [-0.2, 0) is 10.0 Å². The average Bonchev–Trinajstić information content (AvgIpc) is 2.42. The van der Waals surface area contributed by atoms with E-state index in [1.165, 1.54) is 28.9 Å². The lowest BCUT2D eigenvalue weighted by Gasteiger charge is -2.28. The van der Waals surface area contributed by atoms with E-state index in [1.54, 1.807) is 0 Å². The maximum Gasteiger partial charge on any atom is 0.265 e. The molecule has 21 heavy (non-hydrogen) atoms. The minimum absolute atomic E-state index is 0.0781. The molecule has 0 N–H and O–H groups in total. The van der Waals surface area contributed by atoms with Crippen LogP contribution in [0, 0.1) is 10.1 Å². The number of hydrogen-bond donors (Lipinski definition) is 0. The molecule has 0 amide bonds. The molecule has 0 aromatic heterocycles. The van der Waals surface area contributed by atoms with Gasteiger partial charge in [-0.3, -0.25) is 14.4 Å². The third-order valence-corrected chi connectivity index (χ3v) is 6.39. The second kappa shape index (κ2) is 9.30. The van der Waals surface area contributed by atoms with Crippen molar-refractivity contribution < 1.29 is 13.3 Å². The monoisotopic (exact) mass is 336 g/mol. The van der Waals surface area contributed by atoms with E-state index >= 15 is 0 Å². The lowest BCUT2D eigenvalue weighted by molar-refractivity contribution is -0.403. The van der Waals surface area contributed by atoms with Crippen molar-refractivity contribution in [1.29, 1.82) is 0 Å². The highest BCUT2D eigenvalue weighted by atomic mass is 32.2. The van der Waals surface area contributed by atoms with Crippen molar-refractivity contribution in [2.75, 3.05) is 18.1 Å². The highest BCUT2D eigenvalue weighted by molar-refractivity contribution is 8.04. The van der Waals surface area contributed by atoms with Crippen LogP contribution in [0.3, 0.4) is 0 Å². The summed E-state index contributed by atoms with van der Waals surface area (Å²) in [6, 6.07) is 0. The Hall–Kier alpha value is -0.760. The van der Waals surface area contributed by atoms with E-state index in [0.717, 1.165) is 37.6 Å². The van der Waals surface area contributed by atoms with Crippen LogP contribution >= 0.6 is 11.8 Å². The van der Waals surface area contributed by atoms with Crippen LogP contribution in [0.2, 0.25) is 0 Å². The molecule has 0 unspecified atom stereocenters. The largest absolute Gasteiger partial charge is 0.265 e. The number of nitro groups is 1. The first-order valence-corrected chi connectivity index (χ1v) is 10.1. The molecule has 1 saturated heterocycles. The van der Waals surface area contributed by atoms with Crippen molar-refractivity contribution in [2.24, 2.45) is 0 Å². The molecule has 1 aliphatic heterocycles. The van der Waals surface area contributed by atoms with Crippen LogP contribution < -0.4 is 0 Å². The summed E-state index contributed by atoms with van der Waals surface area (Å²) >= 11 is 1.24. The summed E-state index contributed by atoms with van der Waals surface area (Å²) in [5.74, 6) is 0.803. The summed E-state index contributed by atoms with van der Waals surface area (Å²) in [6.07, 6.45) is 7.60. The number of hydrogen-bond acceptors (Lipinski definition) is 5. The molecule has 1 rings (SSSR count). The molecule has 8 heteroatoms. The van der Waals surface area contributed by atoms with Gasteiger partial charge in [-0.2, -0.15) is 0 Å². The van der Waals surface area contributed by atoms with Gasteiger partial charge in [0, 0.05) is 12.3 Å². The lowest BCUT2D eigenvalue weighted by Crippen LogP contribution is -2.35. The Kier molecular flexibility index (Phi) is 8.10. The Bertz CT molecular complexity index is 463. The van der Waals surface area contributed by atoms with Crippen molar-refractivity contribution in [1.82, 2.24) is 4.31 Å². The van der Waals surface area contributed by atoms with Gasteiger partial charge in [-0.1, -0.05) is 39.0 Å². The summed E-state index contributed by atoms with van der Waals surface area (Å²) in [7, 11) is -3.43. The Morgan fingerprint density at radius 2 is 1.95 bits per heavy atom. The number of sulfonamides is 1. The number of rotatable bonds is 9. The van der Waals surface area contributed by atoms with Crippen LogP contribution in [0.15, 0.2) is 11.2 Å². The molecule has 1 fully saturated rings. The Balaban J connectivity index is 2.53. The first-order chi connectivity index (χ1) is 9.97. The van der Waals surface area contributed by atoms with Crippen molar-refractivity contribution in [2.45, 2.75) is 51.9 Å². The van der Waals surface area contributed by atoms with Gasteiger partial charge in [0.1, 0.15) is 0 Å². The van der Waals surface area contributed by atoms with E-state index in [2.05, 4.69) is 6.92 Å². The van der Waals surface area contributed by atoms with Gasteiger partial charge in [0.05, 0.1) is 10.7 Å². The van der Waals surface area contributed by atoms with Gasteiger partial charge < -0.3 is 0 Å². The fourth-order valence-corrected chi connectivity index (χ4v) is 5.11. The highest BCUT2D eigenvalue weighted by Gasteiger charge is 2.29. The minimum Gasteiger partial charge on any atom is -0.259 e. The van der Waals surface area contributed by atoms with Crippen LogP contribution in [-0.4, -0.2) is 35.7 Å². The maximum atomic E-state index is 12.3. The number of unbranched alkanes of at least 4 members (excludes halogenated alkanes) is 5. The van der Waals surface area contributed by atoms with Crippen molar-refractivity contribution in [3.63, 3.8) is 0 Å². The van der Waals surface area contributed by atoms with E-state index in [9.17, 15) is 18.5 Å². The minimum atomic E-state index is -3.43. The molecule has 1 aliphatic rings. The van der Waals surface area contributed by atoms with Gasteiger partial charge in [0.25, 0.3) is 6.20 Å². The Morgan fingerprint density at radius 3 is 2.62 bits per heavy atom. The van der Waals surface area contributed by atoms with E-state index in [-0.39, 0.29) is 10.8 Å². The fraction of sp³-hybridized carbons (Fsp3) is 0.846. The van der Waals surface area contributed by atoms with Gasteiger partial charge >= 0.3 is 0 Å². The summed E-state index contributed by atoms with van der Waals surface area (Å²) in [6.45, 7) is 2.49. The predicted octanol–water partition coefficient (Wildman–Crippen LogP) is 3.19. The smallest absolute Gasteiger partial charge is 0.259 e. The predicted molar refractivity (Wildman–Crippen MR) is 86.0 cm³/mol. The number of thioether (sulfide) groups is 1. The lowest BCUT2D eigenvalue weighted by atomic mass is 10.1. The molecule has 0 radical (unpaired) electrons. The quantitative estimate of drug-likeness (QED) is 0.367. The van der Waals surface area contributed by atoms with E-state index in [0.29, 0.717) is 13.0 Å². The molecule has 0 saturated carbocycles. The Labute approximate surface area is 131 Å². The zero-order chi connectivity index (χ0) is 15.7. The van der Waals surface area contributed by atoms with Crippen LogP contribution in [0.1, 0.15) is 51.9 Å². The first kappa shape index (κ1) is 18.3. The average molecular weight is 336 g/mol. The van der Waals surface area contributed by atoms with E-state index in [4.69, 9.17) is 0 Å². The van der Waals surface area contributed by atoms with Gasteiger partial charge in [-0.15, -0.1) is 11.8 Å². The SMILES string of the molecule is CCCCCCCCS(=O)(=O)N1CCCSC1=C[N+](=O)[O-]. The first-order valence-electron chi connectivity index (χ1n) is 7.46. The zero-order valence-corrected chi connectivity index (χ0v) is 14.1. The number of nitrogens with zero attached hydrogens (tertiary/aromatic N) is 2. The zero-order valence-electron chi connectivity index (χ0n) is 12.5. The summed E-state index contributed by atoms with van der Waals surface area (Å²) in [5.41, 5.74) is 0. The molecular formula is C13H24N2O4S2. The Morgan fingerprint density at radius 1 is 1.29 bits per heavy atom. The standard InChI is InChI=1S/C13H24N2O4S2/c1-2-3-4-5-6-7-11-21(18,19)14-9-8-10-20-13(14)12-15(16)17/h12H,2-11H2,1H3. The summed E-state index contributed by atoms with van der Waals surface area (Å²) in [4.78, 5) is 10.0. The maximum absolute atomic E-state index is 12.3. The topological polar surface area (TPSA) is 80.5 Å². The molecule has 0 spiro atoms. The van der Waals surface area contributed by atoms with Crippen LogP contribution in [0.4, 0.5) is 0 Å². The molecule has 122 valence electrons. The molecule has 0 aromatic carbocycles. The molecule has 0 bridgehead atoms. The molecule has 0 aliphatic carbocycles. The highest BCUT2D eigenvalue weighted by Crippen LogP contribution is 2.29. The van der Waals surface area contributed by atoms with Gasteiger partial charge in [-0.05, 0) is 12.8 Å². The summed E-state index contributed by atoms with van der Waals surface area (Å²) < 4.78 is 25.8. The summed E-state index contributed by atoms with van der Waals surface area (Å²) in [5, 5.41) is 10.8. The van der Waals surface area contributed by atoms with Crippen LogP contribution in [0.5, 0.6) is 0 Å². The van der Waals surface area contributed by atoms with Crippen molar-refractivity contribution >= 4 is 21.8 Å². The van der Waals surface area contributed by atoms with E-state index < -0.39 is 14.9 Å². The third-order valence-electron chi connectivity index (χ3n) is 3.31. The van der Waals surface area contributed by atoms with Crippen molar-refractivity contribution in [3.8, 4) is 0 Å². The molecule has 0 atom stereocenters. The second-order valence-corrected chi connectivity index (χ2v) is 8.24. The molecular weight excluding hydrogens is 312 g/mol. The molecule has 0 aromatic rings. The van der Waals surface area contributed by atoms with Gasteiger partial charge in [0.15, 0.2) is 5.03 Å². The second-order valence-electron chi connectivity index (χ2n) is 5.11. The molecule has 1 heterocycles. The van der Waals surface area contributed by atoms with Gasteiger partial charge in [0.2, 0.25) is 10.0 Å². The molecule has 6 nitrogen and oxygen atoms in total. The van der Waals surface area contributed by atoms with Gasteiger partial charge in [-0.25, -0.2) is 8.42 Å².